The first-order chi connectivity index (χ1) is 15.6. The van der Waals surface area contributed by atoms with Gasteiger partial charge in [0.25, 0.3) is 5.91 Å². The summed E-state index contributed by atoms with van der Waals surface area (Å²) in [5.74, 6) is 0.305. The number of ether oxygens (including phenoxy) is 3. The van der Waals surface area contributed by atoms with Gasteiger partial charge in [0.1, 0.15) is 18.1 Å². The lowest BCUT2D eigenvalue weighted by molar-refractivity contribution is 0.102. The minimum Gasteiger partial charge on any atom is -0.495 e. The Morgan fingerprint density at radius 1 is 0.812 bits per heavy atom. The first-order valence-corrected chi connectivity index (χ1v) is 10.0. The molecule has 4 rings (SSSR count). The van der Waals surface area contributed by atoms with E-state index in [9.17, 15) is 9.18 Å². The Kier molecular flexibility index (Phi) is 6.22. The van der Waals surface area contributed by atoms with Crippen LogP contribution in [0.5, 0.6) is 17.2 Å². The molecule has 0 atom stereocenters. The van der Waals surface area contributed by atoms with Crippen LogP contribution in [0.4, 0.5) is 10.1 Å². The van der Waals surface area contributed by atoms with Crippen molar-refractivity contribution >= 4 is 22.4 Å². The zero-order valence-corrected chi connectivity index (χ0v) is 17.7. The van der Waals surface area contributed by atoms with Crippen molar-refractivity contribution in [2.24, 2.45) is 0 Å². The Morgan fingerprint density at radius 3 is 2.22 bits per heavy atom. The van der Waals surface area contributed by atoms with Crippen molar-refractivity contribution in [3.8, 4) is 17.2 Å². The van der Waals surface area contributed by atoms with Gasteiger partial charge in [-0.15, -0.1) is 0 Å². The Labute approximate surface area is 185 Å². The van der Waals surface area contributed by atoms with Crippen molar-refractivity contribution in [2.75, 3.05) is 19.5 Å². The molecule has 1 amide bonds. The monoisotopic (exact) mass is 431 g/mol. The van der Waals surface area contributed by atoms with Gasteiger partial charge in [-0.25, -0.2) is 4.39 Å². The molecule has 0 radical (unpaired) electrons. The number of rotatable bonds is 7. The second-order valence-corrected chi connectivity index (χ2v) is 7.11. The Bertz CT molecular complexity index is 1270. The molecule has 0 unspecified atom stereocenters. The zero-order valence-electron chi connectivity index (χ0n) is 17.7. The van der Waals surface area contributed by atoms with Crippen LogP contribution in [0.2, 0.25) is 0 Å². The smallest absolute Gasteiger partial charge is 0.259 e. The second kappa shape index (κ2) is 9.39. The van der Waals surface area contributed by atoms with Crippen molar-refractivity contribution in [1.29, 1.82) is 0 Å². The van der Waals surface area contributed by atoms with Gasteiger partial charge in [0.05, 0.1) is 25.5 Å². The molecule has 4 aromatic carbocycles. The molecule has 0 saturated carbocycles. The molecule has 1 N–H and O–H groups in total. The van der Waals surface area contributed by atoms with Crippen LogP contribution in [0.1, 0.15) is 15.9 Å². The number of halogens is 1. The number of anilines is 1. The van der Waals surface area contributed by atoms with Gasteiger partial charge in [0.15, 0.2) is 11.6 Å². The molecule has 6 heteroatoms. The maximum absolute atomic E-state index is 14.0. The Morgan fingerprint density at radius 2 is 1.50 bits per heavy atom. The van der Waals surface area contributed by atoms with Crippen molar-refractivity contribution in [3.05, 3.63) is 95.8 Å². The maximum Gasteiger partial charge on any atom is 0.259 e. The summed E-state index contributed by atoms with van der Waals surface area (Å²) in [5, 5.41) is 4.72. The van der Waals surface area contributed by atoms with E-state index >= 15 is 0 Å². The summed E-state index contributed by atoms with van der Waals surface area (Å²) in [6, 6.07) is 23.1. The third-order valence-electron chi connectivity index (χ3n) is 5.06. The SMILES string of the molecule is COc1ccc(COc2cc3ccccc3cc2C(=O)Nc2ccccc2OC)cc1F. The molecule has 0 heterocycles. The van der Waals surface area contributed by atoms with Gasteiger partial charge < -0.3 is 19.5 Å². The number of fused-ring (bicyclic) bond motifs is 1. The lowest BCUT2D eigenvalue weighted by Gasteiger charge is -2.15. The summed E-state index contributed by atoms with van der Waals surface area (Å²) in [6.45, 7) is 0.0915. The summed E-state index contributed by atoms with van der Waals surface area (Å²) in [6.07, 6.45) is 0. The number of amides is 1. The largest absolute Gasteiger partial charge is 0.495 e. The molecule has 0 fully saturated rings. The number of carbonyl (C=O) groups excluding carboxylic acids is 1. The van der Waals surface area contributed by atoms with Gasteiger partial charge in [0, 0.05) is 0 Å². The standard InChI is InChI=1S/C26H22FNO4/c1-30-23-12-11-17(13-21(23)27)16-32-25-15-19-8-4-3-7-18(19)14-20(25)26(29)28-22-9-5-6-10-24(22)31-2/h3-15H,16H2,1-2H3,(H,28,29). The minimum atomic E-state index is -0.471. The zero-order chi connectivity index (χ0) is 22.5. The molecule has 0 aromatic heterocycles. The van der Waals surface area contributed by atoms with E-state index < -0.39 is 5.82 Å². The molecule has 0 aliphatic rings. The lowest BCUT2D eigenvalue weighted by atomic mass is 10.0. The third-order valence-corrected chi connectivity index (χ3v) is 5.06. The van der Waals surface area contributed by atoms with Crippen LogP contribution in [0, 0.1) is 5.82 Å². The molecule has 4 aromatic rings. The molecule has 32 heavy (non-hydrogen) atoms. The molecule has 0 saturated heterocycles. The summed E-state index contributed by atoms with van der Waals surface area (Å²) < 4.78 is 30.3. The van der Waals surface area contributed by atoms with E-state index in [1.54, 1.807) is 37.4 Å². The van der Waals surface area contributed by atoms with E-state index in [1.165, 1.54) is 13.2 Å². The number of benzene rings is 4. The Hall–Kier alpha value is -4.06. The molecule has 0 aliphatic heterocycles. The Balaban J connectivity index is 1.65. The topological polar surface area (TPSA) is 56.8 Å². The van der Waals surface area contributed by atoms with Gasteiger partial charge >= 0.3 is 0 Å². The molecule has 5 nitrogen and oxygen atoms in total. The second-order valence-electron chi connectivity index (χ2n) is 7.11. The number of hydrogen-bond donors (Lipinski definition) is 1. The van der Waals surface area contributed by atoms with Crippen LogP contribution in [0.25, 0.3) is 10.8 Å². The predicted octanol–water partition coefficient (Wildman–Crippen LogP) is 5.83. The number of hydrogen-bond acceptors (Lipinski definition) is 4. The highest BCUT2D eigenvalue weighted by Crippen LogP contribution is 2.30. The van der Waals surface area contributed by atoms with Crippen molar-refractivity contribution in [3.63, 3.8) is 0 Å². The first kappa shape index (κ1) is 21.2. The molecule has 0 aliphatic carbocycles. The number of nitrogens with one attached hydrogen (secondary N) is 1. The van der Waals surface area contributed by atoms with Crippen LogP contribution in [-0.2, 0) is 6.61 Å². The fourth-order valence-corrected chi connectivity index (χ4v) is 3.41. The predicted molar refractivity (Wildman–Crippen MR) is 122 cm³/mol. The van der Waals surface area contributed by atoms with E-state index in [1.807, 2.05) is 42.5 Å². The quantitative estimate of drug-likeness (QED) is 0.400. The van der Waals surface area contributed by atoms with Crippen LogP contribution in [0.3, 0.4) is 0 Å². The van der Waals surface area contributed by atoms with Crippen LogP contribution in [0.15, 0.2) is 78.9 Å². The highest BCUT2D eigenvalue weighted by molar-refractivity contribution is 6.09. The van der Waals surface area contributed by atoms with Crippen molar-refractivity contribution in [1.82, 2.24) is 0 Å². The summed E-state index contributed by atoms with van der Waals surface area (Å²) in [7, 11) is 2.96. The molecule has 162 valence electrons. The van der Waals surface area contributed by atoms with E-state index in [0.717, 1.165) is 10.8 Å². The maximum atomic E-state index is 14.0. The summed E-state index contributed by atoms with van der Waals surface area (Å²) in [4.78, 5) is 13.2. The van der Waals surface area contributed by atoms with E-state index in [2.05, 4.69) is 5.32 Å². The van der Waals surface area contributed by atoms with E-state index in [4.69, 9.17) is 14.2 Å². The third kappa shape index (κ3) is 4.49. The van der Waals surface area contributed by atoms with Crippen molar-refractivity contribution in [2.45, 2.75) is 6.61 Å². The summed E-state index contributed by atoms with van der Waals surface area (Å²) >= 11 is 0. The molecule has 0 spiro atoms. The highest BCUT2D eigenvalue weighted by atomic mass is 19.1. The molecular formula is C26H22FNO4. The number of methoxy groups -OCH3 is 2. The molecule has 0 bridgehead atoms. The highest BCUT2D eigenvalue weighted by Gasteiger charge is 2.17. The van der Waals surface area contributed by atoms with Gasteiger partial charge in [-0.3, -0.25) is 4.79 Å². The van der Waals surface area contributed by atoms with E-state index in [-0.39, 0.29) is 18.3 Å². The summed E-state index contributed by atoms with van der Waals surface area (Å²) in [5.41, 5.74) is 1.53. The number of para-hydroxylation sites is 2. The van der Waals surface area contributed by atoms with Gasteiger partial charge in [0.2, 0.25) is 0 Å². The van der Waals surface area contributed by atoms with Crippen LogP contribution < -0.4 is 19.5 Å². The average Bonchev–Trinajstić information content (AvgIpc) is 2.82. The fraction of sp³-hybridized carbons (Fsp3) is 0.115. The average molecular weight is 431 g/mol. The first-order valence-electron chi connectivity index (χ1n) is 10.0. The van der Waals surface area contributed by atoms with Crippen LogP contribution >= 0.6 is 0 Å². The van der Waals surface area contributed by atoms with Crippen LogP contribution in [-0.4, -0.2) is 20.1 Å². The minimum absolute atomic E-state index is 0.0915. The van der Waals surface area contributed by atoms with Gasteiger partial charge in [-0.1, -0.05) is 42.5 Å². The normalized spacial score (nSPS) is 10.6. The van der Waals surface area contributed by atoms with Gasteiger partial charge in [-0.2, -0.15) is 0 Å². The lowest BCUT2D eigenvalue weighted by Crippen LogP contribution is -2.14. The number of carbonyl (C=O) groups is 1. The van der Waals surface area contributed by atoms with Crippen molar-refractivity contribution < 1.29 is 23.4 Å². The molecular weight excluding hydrogens is 409 g/mol. The van der Waals surface area contributed by atoms with Gasteiger partial charge in [-0.05, 0) is 52.7 Å². The van der Waals surface area contributed by atoms with E-state index in [0.29, 0.717) is 28.3 Å². The fourth-order valence-electron chi connectivity index (χ4n) is 3.41.